The Morgan fingerprint density at radius 2 is 1.87 bits per heavy atom. The van der Waals surface area contributed by atoms with Crippen molar-refractivity contribution in [1.29, 1.82) is 0 Å². The van der Waals surface area contributed by atoms with Crippen LogP contribution in [0, 0.1) is 0 Å². The van der Waals surface area contributed by atoms with E-state index < -0.39 is 6.04 Å². The molecule has 2 aliphatic heterocycles. The van der Waals surface area contributed by atoms with Gasteiger partial charge in [0.25, 0.3) is 5.22 Å². The van der Waals surface area contributed by atoms with E-state index in [0.717, 1.165) is 28.1 Å². The number of thioether (sulfide) groups is 1. The van der Waals surface area contributed by atoms with Crippen molar-refractivity contribution in [2.24, 2.45) is 0 Å². The lowest BCUT2D eigenvalue weighted by molar-refractivity contribution is -0.144. The largest absolute Gasteiger partial charge is 0.496 e. The molecular weight excluding hydrogens is 500 g/mol. The molecule has 0 radical (unpaired) electrons. The number of carbonyl (C=O) groups excluding carboxylic acids is 1. The molecule has 8 nitrogen and oxygen atoms in total. The first-order valence-electron chi connectivity index (χ1n) is 12.5. The molecule has 9 heteroatoms. The number of fused-ring (bicyclic) bond motifs is 3. The van der Waals surface area contributed by atoms with E-state index >= 15 is 0 Å². The number of ether oxygens (including phenoxy) is 2. The number of piperidine rings is 1. The van der Waals surface area contributed by atoms with Crippen LogP contribution < -0.4 is 15.4 Å². The van der Waals surface area contributed by atoms with Gasteiger partial charge in [0.05, 0.1) is 26.3 Å². The van der Waals surface area contributed by atoms with Gasteiger partial charge in [-0.05, 0) is 47.9 Å². The first-order valence-corrected chi connectivity index (χ1v) is 13.5. The van der Waals surface area contributed by atoms with Gasteiger partial charge in [0, 0.05) is 28.5 Å². The zero-order chi connectivity index (χ0) is 26.1. The molecule has 1 aromatic heterocycles. The van der Waals surface area contributed by atoms with Gasteiger partial charge in [-0.2, -0.15) is 0 Å². The van der Waals surface area contributed by atoms with Gasteiger partial charge < -0.3 is 19.2 Å². The van der Waals surface area contributed by atoms with E-state index in [9.17, 15) is 4.79 Å². The average Bonchev–Trinajstić information content (AvgIpc) is 3.60. The molecule has 38 heavy (non-hydrogen) atoms. The summed E-state index contributed by atoms with van der Waals surface area (Å²) in [6, 6.07) is 23.8. The SMILES string of the molecule is COC(=O)[C@H]1C[C@H]2c3ccccc3N[C@@H]2[C@H](c2ccc(OC)c(CSc3nnc(-c4ccccc4)o3)c2)N1. The first kappa shape index (κ1) is 24.5. The predicted octanol–water partition coefficient (Wildman–Crippen LogP) is 5.19. The number of anilines is 1. The summed E-state index contributed by atoms with van der Waals surface area (Å²) in [4.78, 5) is 12.6. The van der Waals surface area contributed by atoms with Crippen molar-refractivity contribution < 1.29 is 18.7 Å². The van der Waals surface area contributed by atoms with Gasteiger partial charge in [0.2, 0.25) is 5.89 Å². The molecule has 4 atom stereocenters. The molecule has 0 spiro atoms. The summed E-state index contributed by atoms with van der Waals surface area (Å²) in [6.07, 6.45) is 0.678. The van der Waals surface area contributed by atoms with Crippen molar-refractivity contribution >= 4 is 23.4 Å². The van der Waals surface area contributed by atoms with Crippen LogP contribution in [-0.2, 0) is 15.3 Å². The summed E-state index contributed by atoms with van der Waals surface area (Å²) in [5, 5.41) is 16.2. The Balaban J connectivity index is 1.26. The highest BCUT2D eigenvalue weighted by molar-refractivity contribution is 7.98. The fraction of sp³-hybridized carbons (Fsp3) is 0.276. The van der Waals surface area contributed by atoms with E-state index in [4.69, 9.17) is 13.9 Å². The van der Waals surface area contributed by atoms with E-state index in [2.05, 4.69) is 51.2 Å². The Hall–Kier alpha value is -3.82. The van der Waals surface area contributed by atoms with Gasteiger partial charge in [-0.15, -0.1) is 10.2 Å². The molecule has 1 saturated heterocycles. The Labute approximate surface area is 225 Å². The molecule has 2 N–H and O–H groups in total. The topological polar surface area (TPSA) is 98.5 Å². The molecule has 3 aromatic carbocycles. The zero-order valence-corrected chi connectivity index (χ0v) is 21.9. The van der Waals surface area contributed by atoms with Gasteiger partial charge in [0.1, 0.15) is 11.8 Å². The van der Waals surface area contributed by atoms with Crippen LogP contribution in [0.5, 0.6) is 5.75 Å². The normalized spacial score (nSPS) is 21.7. The Bertz CT molecular complexity index is 1440. The summed E-state index contributed by atoms with van der Waals surface area (Å²) in [6.45, 7) is 0. The lowest BCUT2D eigenvalue weighted by Gasteiger charge is -2.39. The molecule has 6 rings (SSSR count). The molecule has 0 unspecified atom stereocenters. The molecule has 4 aromatic rings. The second-order valence-electron chi connectivity index (χ2n) is 9.42. The van der Waals surface area contributed by atoms with Crippen molar-refractivity contribution in [2.75, 3.05) is 19.5 Å². The van der Waals surface area contributed by atoms with Crippen molar-refractivity contribution in [3.63, 3.8) is 0 Å². The molecule has 2 aliphatic rings. The van der Waals surface area contributed by atoms with E-state index in [-0.39, 0.29) is 24.0 Å². The van der Waals surface area contributed by atoms with E-state index in [0.29, 0.717) is 23.3 Å². The first-order chi connectivity index (χ1) is 18.6. The lowest BCUT2D eigenvalue weighted by Crippen LogP contribution is -2.52. The maximum absolute atomic E-state index is 12.6. The minimum absolute atomic E-state index is 0.103. The molecule has 0 saturated carbocycles. The maximum Gasteiger partial charge on any atom is 0.322 e. The van der Waals surface area contributed by atoms with Gasteiger partial charge in [-0.25, -0.2) is 0 Å². The summed E-state index contributed by atoms with van der Waals surface area (Å²) in [5.74, 6) is 1.81. The summed E-state index contributed by atoms with van der Waals surface area (Å²) >= 11 is 1.46. The number of carbonyl (C=O) groups is 1. The lowest BCUT2D eigenvalue weighted by atomic mass is 9.79. The van der Waals surface area contributed by atoms with Crippen LogP contribution in [0.4, 0.5) is 5.69 Å². The van der Waals surface area contributed by atoms with Gasteiger partial charge in [0.15, 0.2) is 0 Å². The van der Waals surface area contributed by atoms with Gasteiger partial charge in [-0.3, -0.25) is 10.1 Å². The number of rotatable bonds is 7. The second-order valence-corrected chi connectivity index (χ2v) is 10.3. The van der Waals surface area contributed by atoms with Crippen LogP contribution in [0.15, 0.2) is 82.4 Å². The number of aromatic nitrogens is 2. The van der Waals surface area contributed by atoms with Crippen LogP contribution in [0.2, 0.25) is 0 Å². The number of hydrogen-bond donors (Lipinski definition) is 2. The molecule has 1 fully saturated rings. The van der Waals surface area contributed by atoms with Crippen molar-refractivity contribution in [3.05, 3.63) is 89.5 Å². The monoisotopic (exact) mass is 528 g/mol. The summed E-state index contributed by atoms with van der Waals surface area (Å²) in [7, 11) is 3.11. The molecule has 194 valence electrons. The standard InChI is InChI=1S/C29H28N4O4S/c1-35-24-13-12-18(14-19(24)16-38-29-33-32-27(37-29)17-8-4-3-5-9-17)25-26-21(15-23(31-25)28(34)36-2)20-10-6-7-11-22(20)30-26/h3-14,21,23,25-26,30-31H,15-16H2,1-2H3/t21-,23+,25-,26-/m0/s1. The second kappa shape index (κ2) is 10.5. The van der Waals surface area contributed by atoms with Crippen LogP contribution in [0.25, 0.3) is 11.5 Å². The highest BCUT2D eigenvalue weighted by Gasteiger charge is 2.45. The molecular formula is C29H28N4O4S. The number of para-hydroxylation sites is 1. The number of benzene rings is 3. The Morgan fingerprint density at radius 1 is 1.05 bits per heavy atom. The smallest absolute Gasteiger partial charge is 0.322 e. The van der Waals surface area contributed by atoms with Crippen molar-refractivity contribution in [3.8, 4) is 17.2 Å². The number of nitrogens with one attached hydrogen (secondary N) is 2. The third-order valence-electron chi connectivity index (χ3n) is 7.27. The highest BCUT2D eigenvalue weighted by atomic mass is 32.2. The average molecular weight is 529 g/mol. The van der Waals surface area contributed by atoms with E-state index in [1.54, 1.807) is 7.11 Å². The molecule has 0 amide bonds. The number of esters is 1. The van der Waals surface area contributed by atoms with E-state index in [1.165, 1.54) is 24.4 Å². The fourth-order valence-electron chi connectivity index (χ4n) is 5.48. The molecule has 0 aliphatic carbocycles. The summed E-state index contributed by atoms with van der Waals surface area (Å²) < 4.78 is 16.7. The number of hydrogen-bond acceptors (Lipinski definition) is 9. The number of methoxy groups -OCH3 is 2. The van der Waals surface area contributed by atoms with Crippen LogP contribution in [0.1, 0.15) is 35.1 Å². The minimum atomic E-state index is -0.395. The third kappa shape index (κ3) is 4.63. The van der Waals surface area contributed by atoms with Crippen LogP contribution in [-0.4, -0.2) is 42.5 Å². The zero-order valence-electron chi connectivity index (χ0n) is 21.1. The van der Waals surface area contributed by atoms with Gasteiger partial charge >= 0.3 is 5.97 Å². The highest BCUT2D eigenvalue weighted by Crippen LogP contribution is 2.46. The molecule has 3 heterocycles. The predicted molar refractivity (Wildman–Crippen MR) is 145 cm³/mol. The summed E-state index contributed by atoms with van der Waals surface area (Å²) in [5.41, 5.74) is 5.32. The Morgan fingerprint density at radius 3 is 2.68 bits per heavy atom. The van der Waals surface area contributed by atoms with Gasteiger partial charge in [-0.1, -0.05) is 54.2 Å². The fourth-order valence-corrected chi connectivity index (χ4v) is 6.22. The van der Waals surface area contributed by atoms with E-state index in [1.807, 2.05) is 42.5 Å². The number of nitrogens with zero attached hydrogens (tertiary/aromatic N) is 2. The van der Waals surface area contributed by atoms with Crippen LogP contribution in [0.3, 0.4) is 0 Å². The Kier molecular flexibility index (Phi) is 6.78. The molecule has 0 bridgehead atoms. The van der Waals surface area contributed by atoms with Crippen LogP contribution >= 0.6 is 11.8 Å². The quantitative estimate of drug-likeness (QED) is 0.248. The third-order valence-corrected chi connectivity index (χ3v) is 8.14. The minimum Gasteiger partial charge on any atom is -0.496 e. The maximum atomic E-state index is 12.6. The van der Waals surface area contributed by atoms with Crippen molar-refractivity contribution in [2.45, 2.75) is 41.4 Å². The van der Waals surface area contributed by atoms with Crippen molar-refractivity contribution in [1.82, 2.24) is 15.5 Å².